The number of rotatable bonds is 7. The van der Waals surface area contributed by atoms with Crippen LogP contribution >= 0.6 is 0 Å². The fraction of sp³-hybridized carbons (Fsp3) is 0.120. The number of ether oxygens (including phenoxy) is 1. The summed E-state index contributed by atoms with van der Waals surface area (Å²) in [5, 5.41) is 0. The number of fused-ring (bicyclic) bond motifs is 1. The fourth-order valence-electron chi connectivity index (χ4n) is 3.23. The first kappa shape index (κ1) is 20.3. The van der Waals surface area contributed by atoms with Crippen LogP contribution in [0.3, 0.4) is 0 Å². The lowest BCUT2D eigenvalue weighted by molar-refractivity contribution is 0.104. The minimum Gasteiger partial charge on any atom is -0.485 e. The summed E-state index contributed by atoms with van der Waals surface area (Å²) in [6.45, 7) is 0.378. The number of carbonyl (C=O) groups is 1. The van der Waals surface area contributed by atoms with E-state index in [2.05, 4.69) is 0 Å². The zero-order chi connectivity index (χ0) is 21.8. The van der Waals surface area contributed by atoms with Crippen molar-refractivity contribution in [2.45, 2.75) is 6.61 Å². The van der Waals surface area contributed by atoms with E-state index in [4.69, 9.17) is 9.72 Å². The first-order valence-electron chi connectivity index (χ1n) is 9.85. The van der Waals surface area contributed by atoms with Crippen LogP contribution in [0, 0.1) is 5.82 Å². The van der Waals surface area contributed by atoms with Gasteiger partial charge in [0.25, 0.3) is 0 Å². The van der Waals surface area contributed by atoms with Crippen LogP contribution < -0.4 is 4.74 Å². The molecule has 2 aromatic heterocycles. The van der Waals surface area contributed by atoms with E-state index >= 15 is 0 Å². The second kappa shape index (κ2) is 8.83. The van der Waals surface area contributed by atoms with Gasteiger partial charge in [-0.25, -0.2) is 9.37 Å². The van der Waals surface area contributed by atoms with Gasteiger partial charge in [0.15, 0.2) is 11.4 Å². The minimum absolute atomic E-state index is 0.208. The molecular weight excluding hydrogens is 393 g/mol. The Morgan fingerprint density at radius 3 is 2.52 bits per heavy atom. The molecule has 0 spiro atoms. The predicted molar refractivity (Wildman–Crippen MR) is 119 cm³/mol. The number of allylic oxidation sites excluding steroid dienone is 1. The molecule has 0 saturated carbocycles. The summed E-state index contributed by atoms with van der Waals surface area (Å²) < 4.78 is 21.2. The molecule has 0 aliphatic heterocycles. The maximum absolute atomic E-state index is 13.5. The van der Waals surface area contributed by atoms with Crippen LogP contribution in [0.1, 0.15) is 16.1 Å². The molecule has 31 heavy (non-hydrogen) atoms. The fourth-order valence-corrected chi connectivity index (χ4v) is 3.23. The Labute approximate surface area is 180 Å². The SMILES string of the molecule is CN(C)/C=C/C(=O)c1c(-c2ccc(F)cc2)nc2c(OCc3ccccc3)cccn12. The highest BCUT2D eigenvalue weighted by Gasteiger charge is 2.21. The number of nitrogens with zero attached hydrogens (tertiary/aromatic N) is 3. The third-order valence-electron chi connectivity index (χ3n) is 4.73. The van der Waals surface area contributed by atoms with Crippen molar-refractivity contribution in [1.82, 2.24) is 14.3 Å². The molecule has 0 amide bonds. The van der Waals surface area contributed by atoms with Crippen molar-refractivity contribution in [1.29, 1.82) is 0 Å². The van der Waals surface area contributed by atoms with Gasteiger partial charge in [-0.1, -0.05) is 30.3 Å². The molecule has 0 unspecified atom stereocenters. The van der Waals surface area contributed by atoms with Crippen molar-refractivity contribution < 1.29 is 13.9 Å². The zero-order valence-corrected chi connectivity index (χ0v) is 17.3. The number of hydrogen-bond donors (Lipinski definition) is 0. The van der Waals surface area contributed by atoms with Crippen LogP contribution in [0.2, 0.25) is 0 Å². The highest BCUT2D eigenvalue weighted by Crippen LogP contribution is 2.30. The van der Waals surface area contributed by atoms with Gasteiger partial charge < -0.3 is 9.64 Å². The molecule has 4 aromatic rings. The van der Waals surface area contributed by atoms with Gasteiger partial charge in [0.05, 0.1) is 0 Å². The number of imidazole rings is 1. The Hall–Kier alpha value is -3.93. The maximum atomic E-state index is 13.5. The van der Waals surface area contributed by atoms with E-state index in [0.29, 0.717) is 35.0 Å². The lowest BCUT2D eigenvalue weighted by Gasteiger charge is -2.08. The van der Waals surface area contributed by atoms with Gasteiger partial charge in [-0.3, -0.25) is 9.20 Å². The summed E-state index contributed by atoms with van der Waals surface area (Å²) in [6, 6.07) is 19.4. The van der Waals surface area contributed by atoms with Crippen LogP contribution in [0.15, 0.2) is 85.2 Å². The molecule has 0 aliphatic rings. The van der Waals surface area contributed by atoms with Gasteiger partial charge in [-0.05, 0) is 42.0 Å². The van der Waals surface area contributed by atoms with Crippen molar-refractivity contribution in [2.75, 3.05) is 14.1 Å². The summed E-state index contributed by atoms with van der Waals surface area (Å²) >= 11 is 0. The normalized spacial score (nSPS) is 11.2. The molecule has 0 saturated heterocycles. The molecule has 156 valence electrons. The first-order valence-corrected chi connectivity index (χ1v) is 9.85. The Kier molecular flexibility index (Phi) is 5.80. The average Bonchev–Trinajstić information content (AvgIpc) is 3.17. The number of aromatic nitrogens is 2. The Bertz CT molecular complexity index is 1230. The van der Waals surface area contributed by atoms with E-state index in [9.17, 15) is 9.18 Å². The number of pyridine rings is 1. The monoisotopic (exact) mass is 415 g/mol. The van der Waals surface area contributed by atoms with Gasteiger partial charge in [0, 0.05) is 38.1 Å². The lowest BCUT2D eigenvalue weighted by Crippen LogP contribution is -2.06. The van der Waals surface area contributed by atoms with E-state index in [1.54, 1.807) is 33.8 Å². The minimum atomic E-state index is -0.347. The molecule has 0 bridgehead atoms. The van der Waals surface area contributed by atoms with Gasteiger partial charge in [0.2, 0.25) is 5.78 Å². The largest absolute Gasteiger partial charge is 0.485 e. The zero-order valence-electron chi connectivity index (χ0n) is 17.3. The Balaban J connectivity index is 1.81. The quantitative estimate of drug-likeness (QED) is 0.316. The van der Waals surface area contributed by atoms with Crippen molar-refractivity contribution in [3.63, 3.8) is 0 Å². The van der Waals surface area contributed by atoms with Crippen molar-refractivity contribution in [3.05, 3.63) is 102 Å². The van der Waals surface area contributed by atoms with Crippen molar-refractivity contribution >= 4 is 11.4 Å². The second-order valence-corrected chi connectivity index (χ2v) is 7.30. The number of ketones is 1. The van der Waals surface area contributed by atoms with E-state index < -0.39 is 0 Å². The third kappa shape index (κ3) is 4.48. The Morgan fingerprint density at radius 2 is 1.81 bits per heavy atom. The molecule has 5 nitrogen and oxygen atoms in total. The highest BCUT2D eigenvalue weighted by atomic mass is 19.1. The van der Waals surface area contributed by atoms with Crippen molar-refractivity contribution in [2.24, 2.45) is 0 Å². The van der Waals surface area contributed by atoms with Crippen LogP contribution in [-0.2, 0) is 6.61 Å². The smallest absolute Gasteiger partial charge is 0.206 e. The molecule has 6 heteroatoms. The molecule has 0 radical (unpaired) electrons. The Morgan fingerprint density at radius 1 is 1.06 bits per heavy atom. The summed E-state index contributed by atoms with van der Waals surface area (Å²) in [5.41, 5.74) is 3.08. The van der Waals surface area contributed by atoms with E-state index in [1.165, 1.54) is 18.2 Å². The lowest BCUT2D eigenvalue weighted by atomic mass is 10.1. The van der Waals surface area contributed by atoms with Crippen LogP contribution in [-0.4, -0.2) is 34.2 Å². The first-order chi connectivity index (χ1) is 15.0. The predicted octanol–water partition coefficient (Wildman–Crippen LogP) is 4.98. The molecule has 2 aromatic carbocycles. The van der Waals surface area contributed by atoms with E-state index in [1.807, 2.05) is 56.6 Å². The molecule has 4 rings (SSSR count). The molecule has 0 atom stereocenters. The van der Waals surface area contributed by atoms with Crippen molar-refractivity contribution in [3.8, 4) is 17.0 Å². The van der Waals surface area contributed by atoms with Crippen LogP contribution in [0.4, 0.5) is 4.39 Å². The standard InChI is InChI=1S/C25H22FN3O2/c1-28(2)16-14-21(30)24-23(19-10-12-20(26)13-11-19)27-25-22(9-6-15-29(24)25)31-17-18-7-4-3-5-8-18/h3-16H,17H2,1-2H3/b16-14+. The number of hydrogen-bond acceptors (Lipinski definition) is 4. The number of benzene rings is 2. The molecule has 0 fully saturated rings. The summed E-state index contributed by atoms with van der Waals surface area (Å²) in [7, 11) is 3.68. The molecular formula is C25H22FN3O2. The van der Waals surface area contributed by atoms with Gasteiger partial charge in [0.1, 0.15) is 23.8 Å². The average molecular weight is 415 g/mol. The van der Waals surface area contributed by atoms with E-state index in [-0.39, 0.29) is 11.6 Å². The van der Waals surface area contributed by atoms with Crippen LogP contribution in [0.25, 0.3) is 16.9 Å². The maximum Gasteiger partial charge on any atom is 0.206 e. The summed E-state index contributed by atoms with van der Waals surface area (Å²) in [5.74, 6) is 0.00543. The summed E-state index contributed by atoms with van der Waals surface area (Å²) in [6.07, 6.45) is 4.96. The topological polar surface area (TPSA) is 46.8 Å². The molecule has 2 heterocycles. The second-order valence-electron chi connectivity index (χ2n) is 7.30. The van der Waals surface area contributed by atoms with Gasteiger partial charge >= 0.3 is 0 Å². The van der Waals surface area contributed by atoms with Crippen LogP contribution in [0.5, 0.6) is 5.75 Å². The number of halogens is 1. The molecule has 0 N–H and O–H groups in total. The summed E-state index contributed by atoms with van der Waals surface area (Å²) in [4.78, 5) is 19.6. The van der Waals surface area contributed by atoms with E-state index in [0.717, 1.165) is 5.56 Å². The highest BCUT2D eigenvalue weighted by molar-refractivity contribution is 6.08. The third-order valence-corrected chi connectivity index (χ3v) is 4.73. The molecule has 0 aliphatic carbocycles. The van der Waals surface area contributed by atoms with Gasteiger partial charge in [-0.2, -0.15) is 0 Å². The van der Waals surface area contributed by atoms with Gasteiger partial charge in [-0.15, -0.1) is 0 Å². The number of carbonyl (C=O) groups excluding carboxylic acids is 1.